The van der Waals surface area contributed by atoms with Gasteiger partial charge >= 0.3 is 10.7 Å². The molecule has 0 aliphatic heterocycles. The van der Waals surface area contributed by atoms with Crippen molar-refractivity contribution in [1.29, 1.82) is 0 Å². The van der Waals surface area contributed by atoms with Gasteiger partial charge in [-0.3, -0.25) is 20.2 Å². The van der Waals surface area contributed by atoms with Gasteiger partial charge in [0.1, 0.15) is 6.07 Å². The molecule has 2 N–H and O–H groups in total. The quantitative estimate of drug-likeness (QED) is 0.384. The highest BCUT2D eigenvalue weighted by Gasteiger charge is 2.25. The highest BCUT2D eigenvalue weighted by atomic mass is 32.1. The van der Waals surface area contributed by atoms with E-state index < -0.39 is 15.5 Å². The smallest absolute Gasteiger partial charge is 0.333 e. The summed E-state index contributed by atoms with van der Waals surface area (Å²) in [4.78, 5) is 22.0. The number of rotatable bonds is 9. The predicted octanol–water partition coefficient (Wildman–Crippen LogP) is 2.77. The first-order chi connectivity index (χ1) is 12.5. The SMILES string of the molecule is O=[N+]([O-])c1cc([N+](=O)[O-])c(N=Nc2ccc(N(CCO)CCO)cc2)s1. The summed E-state index contributed by atoms with van der Waals surface area (Å²) in [5.41, 5.74) is 0.677. The first kappa shape index (κ1) is 19.4. The van der Waals surface area contributed by atoms with Gasteiger partial charge in [-0.15, -0.1) is 10.2 Å². The molecule has 0 amide bonds. The molecular formula is C14H15N5O6S. The van der Waals surface area contributed by atoms with E-state index in [1.165, 1.54) is 0 Å². The van der Waals surface area contributed by atoms with Crippen LogP contribution in [-0.4, -0.2) is 46.4 Å². The normalized spacial score (nSPS) is 11.0. The molecule has 0 aliphatic carbocycles. The van der Waals surface area contributed by atoms with Crippen LogP contribution in [0.15, 0.2) is 40.6 Å². The Labute approximate surface area is 151 Å². The van der Waals surface area contributed by atoms with Gasteiger partial charge < -0.3 is 15.1 Å². The predicted molar refractivity (Wildman–Crippen MR) is 94.6 cm³/mol. The van der Waals surface area contributed by atoms with Crippen LogP contribution in [0, 0.1) is 20.2 Å². The fourth-order valence-corrected chi connectivity index (χ4v) is 2.86. The number of nitro groups is 2. The molecule has 138 valence electrons. The van der Waals surface area contributed by atoms with E-state index in [9.17, 15) is 20.2 Å². The number of benzene rings is 1. The molecule has 2 aromatic rings. The lowest BCUT2D eigenvalue weighted by molar-refractivity contribution is -0.389. The average molecular weight is 381 g/mol. The number of thiophene rings is 1. The van der Waals surface area contributed by atoms with E-state index in [2.05, 4.69) is 10.2 Å². The summed E-state index contributed by atoms with van der Waals surface area (Å²) in [5, 5.41) is 46.9. The van der Waals surface area contributed by atoms with Crippen LogP contribution in [0.2, 0.25) is 0 Å². The van der Waals surface area contributed by atoms with E-state index >= 15 is 0 Å². The van der Waals surface area contributed by atoms with Crippen molar-refractivity contribution < 1.29 is 20.1 Å². The maximum atomic E-state index is 11.0. The van der Waals surface area contributed by atoms with Gasteiger partial charge in [-0.1, -0.05) is 0 Å². The van der Waals surface area contributed by atoms with Gasteiger partial charge in [0.2, 0.25) is 5.00 Å². The first-order valence-corrected chi connectivity index (χ1v) is 8.19. The molecule has 11 nitrogen and oxygen atoms in total. The summed E-state index contributed by atoms with van der Waals surface area (Å²) >= 11 is 0.571. The van der Waals surface area contributed by atoms with Crippen LogP contribution in [0.3, 0.4) is 0 Å². The summed E-state index contributed by atoms with van der Waals surface area (Å²) in [6.07, 6.45) is 0. The molecule has 0 aliphatic rings. The minimum atomic E-state index is -0.747. The summed E-state index contributed by atoms with van der Waals surface area (Å²) < 4.78 is 0. The van der Waals surface area contributed by atoms with E-state index in [4.69, 9.17) is 10.2 Å². The molecule has 1 aromatic heterocycles. The highest BCUT2D eigenvalue weighted by Crippen LogP contribution is 2.41. The van der Waals surface area contributed by atoms with Crippen molar-refractivity contribution in [1.82, 2.24) is 0 Å². The molecular weight excluding hydrogens is 366 g/mol. The van der Waals surface area contributed by atoms with Crippen molar-refractivity contribution in [3.8, 4) is 0 Å². The Balaban J connectivity index is 2.21. The fraction of sp³-hybridized carbons (Fsp3) is 0.286. The average Bonchev–Trinajstić information content (AvgIpc) is 3.05. The van der Waals surface area contributed by atoms with Crippen LogP contribution >= 0.6 is 11.3 Å². The van der Waals surface area contributed by atoms with Gasteiger partial charge in [-0.2, -0.15) is 0 Å². The van der Waals surface area contributed by atoms with Crippen molar-refractivity contribution in [3.63, 3.8) is 0 Å². The molecule has 12 heteroatoms. The van der Waals surface area contributed by atoms with Gasteiger partial charge in [0.25, 0.3) is 0 Å². The number of aliphatic hydroxyl groups excluding tert-OH is 2. The number of aliphatic hydroxyl groups is 2. The van der Waals surface area contributed by atoms with Crippen LogP contribution in [0.25, 0.3) is 0 Å². The van der Waals surface area contributed by atoms with Crippen molar-refractivity contribution >= 4 is 38.4 Å². The number of hydrogen-bond acceptors (Lipinski definition) is 10. The van der Waals surface area contributed by atoms with Crippen molar-refractivity contribution in [2.24, 2.45) is 10.2 Å². The van der Waals surface area contributed by atoms with Crippen LogP contribution < -0.4 is 4.90 Å². The topological polar surface area (TPSA) is 155 Å². The molecule has 0 spiro atoms. The van der Waals surface area contributed by atoms with Crippen LogP contribution in [-0.2, 0) is 0 Å². The van der Waals surface area contributed by atoms with E-state index in [0.29, 0.717) is 30.1 Å². The maximum Gasteiger partial charge on any atom is 0.333 e. The molecule has 0 unspecified atom stereocenters. The third-order valence-corrected chi connectivity index (χ3v) is 4.23. The van der Waals surface area contributed by atoms with Crippen LogP contribution in [0.1, 0.15) is 0 Å². The van der Waals surface area contributed by atoms with E-state index in [-0.39, 0.29) is 23.2 Å². The van der Waals surface area contributed by atoms with Crippen molar-refractivity contribution in [2.45, 2.75) is 0 Å². The first-order valence-electron chi connectivity index (χ1n) is 7.37. The minimum Gasteiger partial charge on any atom is -0.395 e. The Hall–Kier alpha value is -2.96. The Morgan fingerprint density at radius 3 is 2.12 bits per heavy atom. The number of nitrogens with zero attached hydrogens (tertiary/aromatic N) is 5. The number of hydrogen-bond donors (Lipinski definition) is 2. The largest absolute Gasteiger partial charge is 0.395 e. The second kappa shape index (κ2) is 8.94. The van der Waals surface area contributed by atoms with Gasteiger partial charge in [0.15, 0.2) is 0 Å². The Morgan fingerprint density at radius 1 is 1.00 bits per heavy atom. The van der Waals surface area contributed by atoms with E-state index in [1.807, 2.05) is 0 Å². The molecule has 0 bridgehead atoms. The molecule has 2 rings (SSSR count). The van der Waals surface area contributed by atoms with Crippen molar-refractivity contribution in [2.75, 3.05) is 31.2 Å². The molecule has 0 radical (unpaired) electrons. The Morgan fingerprint density at radius 2 is 1.62 bits per heavy atom. The molecule has 0 saturated heterocycles. The van der Waals surface area contributed by atoms with Crippen molar-refractivity contribution in [3.05, 3.63) is 50.6 Å². The van der Waals surface area contributed by atoms with Gasteiger partial charge in [0.05, 0.1) is 28.7 Å². The lowest BCUT2D eigenvalue weighted by Crippen LogP contribution is -2.29. The lowest BCUT2D eigenvalue weighted by atomic mass is 10.2. The van der Waals surface area contributed by atoms with Gasteiger partial charge in [-0.05, 0) is 35.6 Å². The molecule has 0 atom stereocenters. The third-order valence-electron chi connectivity index (χ3n) is 3.27. The fourth-order valence-electron chi connectivity index (χ4n) is 2.10. The van der Waals surface area contributed by atoms with Gasteiger partial charge in [0, 0.05) is 18.8 Å². The zero-order valence-electron chi connectivity index (χ0n) is 13.4. The standard InChI is InChI=1S/C14H15N5O6S/c20-7-5-17(6-8-21)11-3-1-10(2-4-11)15-16-14-12(18(22)23)9-13(26-14)19(24)25/h1-4,9,20-21H,5-8H2. The Kier molecular flexibility index (Phi) is 6.66. The molecule has 1 heterocycles. The van der Waals surface area contributed by atoms with Gasteiger partial charge in [-0.25, -0.2) is 0 Å². The second-order valence-corrected chi connectivity index (χ2v) is 5.95. The van der Waals surface area contributed by atoms with Crippen LogP contribution in [0.5, 0.6) is 0 Å². The van der Waals surface area contributed by atoms with E-state index in [0.717, 1.165) is 11.8 Å². The molecule has 1 aromatic carbocycles. The second-order valence-electron chi connectivity index (χ2n) is 4.94. The monoisotopic (exact) mass is 381 g/mol. The molecule has 0 saturated carbocycles. The summed E-state index contributed by atoms with van der Waals surface area (Å²) in [6.45, 7) is 0.573. The van der Waals surface area contributed by atoms with Crippen LogP contribution in [0.4, 0.5) is 27.1 Å². The number of anilines is 1. The maximum absolute atomic E-state index is 11.0. The summed E-state index contributed by atoms with van der Waals surface area (Å²) in [6, 6.07) is 7.46. The minimum absolute atomic E-state index is 0.0672. The third kappa shape index (κ3) is 4.78. The Bertz CT molecular complexity index is 801. The highest BCUT2D eigenvalue weighted by molar-refractivity contribution is 7.19. The molecule has 0 fully saturated rings. The zero-order chi connectivity index (χ0) is 19.1. The van der Waals surface area contributed by atoms with E-state index in [1.54, 1.807) is 29.2 Å². The lowest BCUT2D eigenvalue weighted by Gasteiger charge is -2.22. The number of azo groups is 1. The molecule has 26 heavy (non-hydrogen) atoms. The summed E-state index contributed by atoms with van der Waals surface area (Å²) in [5.74, 6) is 0. The zero-order valence-corrected chi connectivity index (χ0v) is 14.2. The summed E-state index contributed by atoms with van der Waals surface area (Å²) in [7, 11) is 0.